The van der Waals surface area contributed by atoms with Gasteiger partial charge in [0.2, 0.25) is 0 Å². The number of hydrogen-bond donors (Lipinski definition) is 2. The number of amides is 1. The Labute approximate surface area is 109 Å². The minimum atomic E-state index is -0.866. The van der Waals surface area contributed by atoms with Crippen LogP contribution in [0.25, 0.3) is 0 Å². The number of aliphatic carboxylic acids is 1. The van der Waals surface area contributed by atoms with Crippen LogP contribution in [0.4, 0.5) is 0 Å². The number of pyridine rings is 1. The summed E-state index contributed by atoms with van der Waals surface area (Å²) in [5.41, 5.74) is 0.273. The summed E-state index contributed by atoms with van der Waals surface area (Å²) in [5.74, 6) is -1.74. The fourth-order valence-corrected chi connectivity index (χ4v) is 2.44. The number of carbonyl (C=O) groups is 2. The molecule has 1 aromatic rings. The van der Waals surface area contributed by atoms with E-state index in [0.717, 1.165) is 6.42 Å². The van der Waals surface area contributed by atoms with Crippen LogP contribution in [0.3, 0.4) is 0 Å². The Morgan fingerprint density at radius 1 is 1.44 bits per heavy atom. The summed E-state index contributed by atoms with van der Waals surface area (Å²) in [5, 5.41) is 11.9. The molecule has 2 rings (SSSR count). The third-order valence-electron chi connectivity index (χ3n) is 3.15. The highest BCUT2D eigenvalue weighted by Gasteiger charge is 2.34. The normalized spacial score (nSPS) is 22.7. The van der Waals surface area contributed by atoms with Gasteiger partial charge in [0.05, 0.1) is 11.5 Å². The third-order valence-corrected chi connectivity index (χ3v) is 3.45. The predicted molar refractivity (Wildman–Crippen MR) is 65.5 cm³/mol. The molecular weight excluding hydrogens is 256 g/mol. The van der Waals surface area contributed by atoms with Gasteiger partial charge in [-0.15, -0.1) is 0 Å². The van der Waals surface area contributed by atoms with Gasteiger partial charge in [0.15, 0.2) is 0 Å². The first-order valence-corrected chi connectivity index (χ1v) is 6.11. The van der Waals surface area contributed by atoms with Crippen molar-refractivity contribution in [3.8, 4) is 0 Å². The second-order valence-electron chi connectivity index (χ2n) is 4.30. The zero-order chi connectivity index (χ0) is 13.1. The van der Waals surface area contributed by atoms with Crippen LogP contribution in [0.15, 0.2) is 18.3 Å². The first-order chi connectivity index (χ1) is 8.59. The summed E-state index contributed by atoms with van der Waals surface area (Å²) in [6.45, 7) is 0. The number of carboxylic acids is 1. The minimum Gasteiger partial charge on any atom is -0.481 e. The van der Waals surface area contributed by atoms with Crippen LogP contribution in [0.2, 0.25) is 5.15 Å². The van der Waals surface area contributed by atoms with Crippen LogP contribution in [-0.2, 0) is 4.79 Å². The topological polar surface area (TPSA) is 79.3 Å². The van der Waals surface area contributed by atoms with E-state index in [1.807, 2.05) is 0 Å². The largest absolute Gasteiger partial charge is 0.481 e. The van der Waals surface area contributed by atoms with Crippen molar-refractivity contribution in [3.05, 3.63) is 29.0 Å². The molecule has 0 spiro atoms. The van der Waals surface area contributed by atoms with Crippen LogP contribution < -0.4 is 5.32 Å². The third kappa shape index (κ3) is 2.61. The number of rotatable bonds is 3. The van der Waals surface area contributed by atoms with Crippen molar-refractivity contribution in [2.75, 3.05) is 0 Å². The molecule has 5 nitrogen and oxygen atoms in total. The number of nitrogens with one attached hydrogen (secondary N) is 1. The Bertz CT molecular complexity index is 478. The molecule has 0 saturated heterocycles. The van der Waals surface area contributed by atoms with Crippen molar-refractivity contribution >= 4 is 23.5 Å². The van der Waals surface area contributed by atoms with E-state index >= 15 is 0 Å². The monoisotopic (exact) mass is 268 g/mol. The second-order valence-corrected chi connectivity index (χ2v) is 4.66. The first kappa shape index (κ1) is 12.8. The number of carboxylic acid groups (broad SMARTS) is 1. The van der Waals surface area contributed by atoms with E-state index in [-0.39, 0.29) is 22.7 Å². The van der Waals surface area contributed by atoms with Gasteiger partial charge in [-0.3, -0.25) is 9.59 Å². The summed E-state index contributed by atoms with van der Waals surface area (Å²) in [6, 6.07) is 2.85. The molecule has 1 fully saturated rings. The highest BCUT2D eigenvalue weighted by atomic mass is 35.5. The van der Waals surface area contributed by atoms with E-state index in [1.165, 1.54) is 6.20 Å². The molecule has 0 bridgehead atoms. The average Bonchev–Trinajstić information content (AvgIpc) is 2.77. The van der Waals surface area contributed by atoms with Crippen LogP contribution in [-0.4, -0.2) is 28.0 Å². The molecule has 1 saturated carbocycles. The quantitative estimate of drug-likeness (QED) is 0.818. The zero-order valence-electron chi connectivity index (χ0n) is 9.60. The molecule has 1 heterocycles. The summed E-state index contributed by atoms with van der Waals surface area (Å²) >= 11 is 5.82. The number of nitrogens with zero attached hydrogens (tertiary/aromatic N) is 1. The molecule has 0 aromatic carbocycles. The molecule has 0 radical (unpaired) electrons. The maximum Gasteiger partial charge on any atom is 0.308 e. The molecule has 1 aromatic heterocycles. The molecule has 2 unspecified atom stereocenters. The van der Waals surface area contributed by atoms with Crippen molar-refractivity contribution in [3.63, 3.8) is 0 Å². The van der Waals surface area contributed by atoms with Crippen LogP contribution in [0, 0.1) is 5.92 Å². The Hall–Kier alpha value is -1.62. The lowest BCUT2D eigenvalue weighted by Gasteiger charge is -2.17. The smallest absolute Gasteiger partial charge is 0.308 e. The predicted octanol–water partition coefficient (Wildman–Crippen LogP) is 1.72. The summed E-state index contributed by atoms with van der Waals surface area (Å²) < 4.78 is 0. The Kier molecular flexibility index (Phi) is 3.81. The molecule has 2 N–H and O–H groups in total. The van der Waals surface area contributed by atoms with Gasteiger partial charge < -0.3 is 10.4 Å². The van der Waals surface area contributed by atoms with Crippen molar-refractivity contribution in [2.45, 2.75) is 25.3 Å². The highest BCUT2D eigenvalue weighted by Crippen LogP contribution is 2.26. The molecule has 6 heteroatoms. The van der Waals surface area contributed by atoms with Gasteiger partial charge in [0, 0.05) is 12.2 Å². The number of carbonyl (C=O) groups excluding carboxylic acids is 1. The van der Waals surface area contributed by atoms with Gasteiger partial charge in [-0.25, -0.2) is 4.98 Å². The van der Waals surface area contributed by atoms with Crippen LogP contribution in [0.1, 0.15) is 29.6 Å². The first-order valence-electron chi connectivity index (χ1n) is 5.74. The van der Waals surface area contributed by atoms with E-state index in [2.05, 4.69) is 10.3 Å². The van der Waals surface area contributed by atoms with Gasteiger partial charge in [-0.2, -0.15) is 0 Å². The lowest BCUT2D eigenvalue weighted by Crippen LogP contribution is -2.40. The maximum atomic E-state index is 12.0. The van der Waals surface area contributed by atoms with E-state index in [4.69, 9.17) is 16.7 Å². The van der Waals surface area contributed by atoms with Crippen molar-refractivity contribution in [1.29, 1.82) is 0 Å². The van der Waals surface area contributed by atoms with Crippen LogP contribution in [0.5, 0.6) is 0 Å². The Balaban J connectivity index is 2.08. The molecule has 1 aliphatic rings. The Morgan fingerprint density at radius 2 is 2.22 bits per heavy atom. The maximum absolute atomic E-state index is 12.0. The Morgan fingerprint density at radius 3 is 2.89 bits per heavy atom. The molecule has 0 aliphatic heterocycles. The summed E-state index contributed by atoms with van der Waals surface area (Å²) in [4.78, 5) is 26.8. The van der Waals surface area contributed by atoms with Gasteiger partial charge >= 0.3 is 5.97 Å². The van der Waals surface area contributed by atoms with Gasteiger partial charge in [0.1, 0.15) is 5.15 Å². The number of aromatic nitrogens is 1. The van der Waals surface area contributed by atoms with E-state index < -0.39 is 11.9 Å². The molecule has 1 amide bonds. The minimum absolute atomic E-state index is 0.125. The molecule has 1 aliphatic carbocycles. The number of halogens is 1. The summed E-state index contributed by atoms with van der Waals surface area (Å²) in [7, 11) is 0. The van der Waals surface area contributed by atoms with E-state index in [9.17, 15) is 9.59 Å². The molecule has 18 heavy (non-hydrogen) atoms. The lowest BCUT2D eigenvalue weighted by atomic mass is 10.0. The summed E-state index contributed by atoms with van der Waals surface area (Å²) in [6.07, 6.45) is 3.58. The van der Waals surface area contributed by atoms with E-state index in [0.29, 0.717) is 12.8 Å². The second kappa shape index (κ2) is 5.35. The molecule has 2 atom stereocenters. The average molecular weight is 269 g/mol. The standard InChI is InChI=1S/C12H13ClN2O3/c13-10-8(4-2-6-14-10)11(16)15-9-5-1-3-7(9)12(17)18/h2,4,6-7,9H,1,3,5H2,(H,15,16)(H,17,18). The van der Waals surface area contributed by atoms with Crippen LogP contribution >= 0.6 is 11.6 Å². The number of hydrogen-bond acceptors (Lipinski definition) is 3. The fraction of sp³-hybridized carbons (Fsp3) is 0.417. The van der Waals surface area contributed by atoms with Crippen molar-refractivity contribution in [2.24, 2.45) is 5.92 Å². The molecule has 96 valence electrons. The lowest BCUT2D eigenvalue weighted by molar-refractivity contribution is -0.142. The van der Waals surface area contributed by atoms with Crippen molar-refractivity contribution in [1.82, 2.24) is 10.3 Å². The SMILES string of the molecule is O=C(NC1CCCC1C(=O)O)c1cccnc1Cl. The van der Waals surface area contributed by atoms with Gasteiger partial charge in [-0.1, -0.05) is 18.0 Å². The van der Waals surface area contributed by atoms with Gasteiger partial charge in [-0.05, 0) is 25.0 Å². The zero-order valence-corrected chi connectivity index (χ0v) is 10.4. The molecular formula is C12H13ClN2O3. The van der Waals surface area contributed by atoms with E-state index in [1.54, 1.807) is 12.1 Å². The van der Waals surface area contributed by atoms with Gasteiger partial charge in [0.25, 0.3) is 5.91 Å². The van der Waals surface area contributed by atoms with Crippen molar-refractivity contribution < 1.29 is 14.7 Å². The highest BCUT2D eigenvalue weighted by molar-refractivity contribution is 6.32. The fourth-order valence-electron chi connectivity index (χ4n) is 2.23.